The number of hydrogen-bond acceptors (Lipinski definition) is 3. The largest absolute Gasteiger partial charge is 0.480 e. The standard InChI is InChI=1S/C13H17ClN2O3S/c1-8-3-4-9(7-10(8)14)15-13(19)16-11(12(17)18)5-6-20-2/h3-4,7,11H,5-6H2,1-2H3,(H,17,18)(H2,15,16,19)/t11-/m1/s1. The van der Waals surface area contributed by atoms with E-state index in [4.69, 9.17) is 16.7 Å². The maximum absolute atomic E-state index is 11.8. The van der Waals surface area contributed by atoms with Gasteiger partial charge in [0, 0.05) is 10.7 Å². The Hall–Kier alpha value is -1.40. The molecule has 0 heterocycles. The van der Waals surface area contributed by atoms with Crippen LogP contribution in [0.25, 0.3) is 0 Å². The SMILES string of the molecule is CSCC[C@@H](NC(=O)Nc1ccc(C)c(Cl)c1)C(=O)O. The molecule has 3 N–H and O–H groups in total. The van der Waals surface area contributed by atoms with Crippen LogP contribution < -0.4 is 10.6 Å². The van der Waals surface area contributed by atoms with Gasteiger partial charge in [0.25, 0.3) is 0 Å². The summed E-state index contributed by atoms with van der Waals surface area (Å²) in [5.74, 6) is -0.385. The molecule has 0 aromatic heterocycles. The van der Waals surface area contributed by atoms with E-state index in [2.05, 4.69) is 10.6 Å². The minimum Gasteiger partial charge on any atom is -0.480 e. The zero-order valence-electron chi connectivity index (χ0n) is 11.3. The molecule has 0 fully saturated rings. The number of aliphatic carboxylic acids is 1. The Morgan fingerprint density at radius 3 is 2.70 bits per heavy atom. The normalized spacial score (nSPS) is 11.8. The second-order valence-electron chi connectivity index (χ2n) is 4.23. The van der Waals surface area contributed by atoms with Crippen LogP contribution in [0.4, 0.5) is 10.5 Å². The van der Waals surface area contributed by atoms with Crippen LogP contribution in [0, 0.1) is 6.92 Å². The molecule has 0 unspecified atom stereocenters. The third-order valence-corrected chi connectivity index (χ3v) is 3.69. The van der Waals surface area contributed by atoms with E-state index in [-0.39, 0.29) is 0 Å². The molecule has 0 bridgehead atoms. The molecule has 2 amide bonds. The Bertz CT molecular complexity index is 497. The lowest BCUT2D eigenvalue weighted by Crippen LogP contribution is -2.43. The van der Waals surface area contributed by atoms with Crippen molar-refractivity contribution in [2.75, 3.05) is 17.3 Å². The number of urea groups is 1. The number of anilines is 1. The first-order valence-electron chi connectivity index (χ1n) is 5.99. The molecular weight excluding hydrogens is 300 g/mol. The molecule has 1 aromatic rings. The molecule has 0 spiro atoms. The minimum absolute atomic E-state index is 0.374. The van der Waals surface area contributed by atoms with Crippen molar-refractivity contribution in [1.29, 1.82) is 0 Å². The van der Waals surface area contributed by atoms with Crippen molar-refractivity contribution >= 4 is 41.1 Å². The fourth-order valence-electron chi connectivity index (χ4n) is 1.49. The molecule has 0 aliphatic carbocycles. The zero-order valence-corrected chi connectivity index (χ0v) is 12.8. The Labute approximate surface area is 127 Å². The summed E-state index contributed by atoms with van der Waals surface area (Å²) in [6.45, 7) is 1.86. The van der Waals surface area contributed by atoms with Gasteiger partial charge >= 0.3 is 12.0 Å². The van der Waals surface area contributed by atoms with E-state index < -0.39 is 18.0 Å². The van der Waals surface area contributed by atoms with Crippen LogP contribution in [0.5, 0.6) is 0 Å². The summed E-state index contributed by atoms with van der Waals surface area (Å²) >= 11 is 7.48. The number of amides is 2. The molecule has 0 saturated carbocycles. The monoisotopic (exact) mass is 316 g/mol. The summed E-state index contributed by atoms with van der Waals surface area (Å²) in [7, 11) is 0. The van der Waals surface area contributed by atoms with E-state index in [0.29, 0.717) is 22.9 Å². The Kier molecular flexibility index (Phi) is 6.67. The van der Waals surface area contributed by atoms with Crippen molar-refractivity contribution in [3.63, 3.8) is 0 Å². The molecule has 5 nitrogen and oxygen atoms in total. The van der Waals surface area contributed by atoms with Crippen molar-refractivity contribution < 1.29 is 14.7 Å². The van der Waals surface area contributed by atoms with Gasteiger partial charge in [-0.15, -0.1) is 0 Å². The van der Waals surface area contributed by atoms with Gasteiger partial charge in [-0.3, -0.25) is 0 Å². The molecule has 0 radical (unpaired) electrons. The first kappa shape index (κ1) is 16.7. The van der Waals surface area contributed by atoms with Crippen LogP contribution in [0.3, 0.4) is 0 Å². The van der Waals surface area contributed by atoms with Crippen LogP contribution in [0.2, 0.25) is 5.02 Å². The van der Waals surface area contributed by atoms with Gasteiger partial charge in [-0.1, -0.05) is 17.7 Å². The lowest BCUT2D eigenvalue weighted by molar-refractivity contribution is -0.139. The van der Waals surface area contributed by atoms with Crippen molar-refractivity contribution in [3.05, 3.63) is 28.8 Å². The fourth-order valence-corrected chi connectivity index (χ4v) is 2.14. The summed E-state index contributed by atoms with van der Waals surface area (Å²) in [5, 5.41) is 14.6. The molecule has 7 heteroatoms. The topological polar surface area (TPSA) is 78.4 Å². The summed E-state index contributed by atoms with van der Waals surface area (Å²) in [6.07, 6.45) is 2.26. The number of rotatable bonds is 6. The highest BCUT2D eigenvalue weighted by molar-refractivity contribution is 7.98. The van der Waals surface area contributed by atoms with Crippen LogP contribution >= 0.6 is 23.4 Å². The molecule has 1 atom stereocenters. The summed E-state index contributed by atoms with van der Waals surface area (Å²) in [4.78, 5) is 22.8. The van der Waals surface area contributed by atoms with Gasteiger partial charge in [-0.2, -0.15) is 11.8 Å². The van der Waals surface area contributed by atoms with Gasteiger partial charge in [0.2, 0.25) is 0 Å². The average molecular weight is 317 g/mol. The maximum atomic E-state index is 11.8. The molecular formula is C13H17ClN2O3S. The van der Waals surface area contributed by atoms with E-state index in [9.17, 15) is 9.59 Å². The van der Waals surface area contributed by atoms with E-state index in [0.717, 1.165) is 5.56 Å². The highest BCUT2D eigenvalue weighted by Gasteiger charge is 2.19. The third kappa shape index (κ3) is 5.30. The van der Waals surface area contributed by atoms with Crippen LogP contribution in [-0.4, -0.2) is 35.2 Å². The van der Waals surface area contributed by atoms with Crippen molar-refractivity contribution in [2.45, 2.75) is 19.4 Å². The lowest BCUT2D eigenvalue weighted by atomic mass is 10.2. The third-order valence-electron chi connectivity index (χ3n) is 2.64. The van der Waals surface area contributed by atoms with Crippen molar-refractivity contribution in [3.8, 4) is 0 Å². The highest BCUT2D eigenvalue weighted by atomic mass is 35.5. The van der Waals surface area contributed by atoms with Crippen molar-refractivity contribution in [1.82, 2.24) is 5.32 Å². The van der Waals surface area contributed by atoms with Gasteiger partial charge in [-0.25, -0.2) is 9.59 Å². The van der Waals surface area contributed by atoms with Gasteiger partial charge in [0.15, 0.2) is 0 Å². The number of carboxylic acid groups (broad SMARTS) is 1. The Balaban J connectivity index is 2.60. The highest BCUT2D eigenvalue weighted by Crippen LogP contribution is 2.19. The van der Waals surface area contributed by atoms with Crippen molar-refractivity contribution in [2.24, 2.45) is 0 Å². The molecule has 110 valence electrons. The van der Waals surface area contributed by atoms with E-state index in [1.807, 2.05) is 13.2 Å². The fraction of sp³-hybridized carbons (Fsp3) is 0.385. The second kappa shape index (κ2) is 8.01. The number of carboxylic acids is 1. The predicted molar refractivity (Wildman–Crippen MR) is 82.8 cm³/mol. The number of benzene rings is 1. The summed E-state index contributed by atoms with van der Waals surface area (Å²) in [5.41, 5.74) is 1.42. The quantitative estimate of drug-likeness (QED) is 0.754. The number of carbonyl (C=O) groups is 2. The number of hydrogen-bond donors (Lipinski definition) is 3. The lowest BCUT2D eigenvalue weighted by Gasteiger charge is -2.15. The van der Waals surface area contributed by atoms with E-state index in [1.165, 1.54) is 11.8 Å². The minimum atomic E-state index is -1.05. The number of halogens is 1. The first-order chi connectivity index (χ1) is 9.43. The number of aryl methyl sites for hydroxylation is 1. The molecule has 1 aromatic carbocycles. The van der Waals surface area contributed by atoms with Gasteiger partial charge < -0.3 is 15.7 Å². The van der Waals surface area contributed by atoms with Crippen LogP contribution in [-0.2, 0) is 4.79 Å². The zero-order chi connectivity index (χ0) is 15.1. The summed E-state index contributed by atoms with van der Waals surface area (Å²) < 4.78 is 0. The van der Waals surface area contributed by atoms with Gasteiger partial charge in [0.05, 0.1) is 0 Å². The van der Waals surface area contributed by atoms with Gasteiger partial charge in [-0.05, 0) is 43.0 Å². The average Bonchev–Trinajstić information content (AvgIpc) is 2.38. The first-order valence-corrected chi connectivity index (χ1v) is 7.76. The van der Waals surface area contributed by atoms with Crippen LogP contribution in [0.15, 0.2) is 18.2 Å². The van der Waals surface area contributed by atoms with Gasteiger partial charge in [0.1, 0.15) is 6.04 Å². The van der Waals surface area contributed by atoms with E-state index >= 15 is 0 Å². The number of nitrogens with one attached hydrogen (secondary N) is 2. The molecule has 20 heavy (non-hydrogen) atoms. The van der Waals surface area contributed by atoms with E-state index in [1.54, 1.807) is 18.2 Å². The number of carbonyl (C=O) groups excluding carboxylic acids is 1. The Morgan fingerprint density at radius 2 is 2.15 bits per heavy atom. The Morgan fingerprint density at radius 1 is 1.45 bits per heavy atom. The number of thioether (sulfide) groups is 1. The molecule has 0 aliphatic heterocycles. The molecule has 1 rings (SSSR count). The smallest absolute Gasteiger partial charge is 0.326 e. The summed E-state index contributed by atoms with van der Waals surface area (Å²) in [6, 6.07) is 3.65. The maximum Gasteiger partial charge on any atom is 0.326 e. The molecule has 0 aliphatic rings. The predicted octanol–water partition coefficient (Wildman–Crippen LogP) is 2.98. The molecule has 0 saturated heterocycles. The second-order valence-corrected chi connectivity index (χ2v) is 5.63. The van der Waals surface area contributed by atoms with Crippen LogP contribution in [0.1, 0.15) is 12.0 Å².